The standard InChI is InChI=1S/C15H14Cl2O2/c1-3-4-5-6-12(15(18)19-2)7-11-8-13(16)10-14(17)9-11/h7-10H,3-4H2,1-2H3/b12-7+. The molecule has 0 N–H and O–H groups in total. The number of rotatable bonds is 3. The van der Waals surface area contributed by atoms with Crippen LogP contribution in [0.25, 0.3) is 6.08 Å². The van der Waals surface area contributed by atoms with E-state index in [1.807, 2.05) is 6.92 Å². The Bertz CT molecular complexity index is 531. The molecule has 1 aromatic rings. The van der Waals surface area contributed by atoms with Crippen molar-refractivity contribution in [2.24, 2.45) is 0 Å². The van der Waals surface area contributed by atoms with Crippen LogP contribution in [0.15, 0.2) is 23.8 Å². The summed E-state index contributed by atoms with van der Waals surface area (Å²) < 4.78 is 4.70. The molecule has 0 unspecified atom stereocenters. The van der Waals surface area contributed by atoms with E-state index in [0.717, 1.165) is 12.8 Å². The molecule has 0 amide bonds. The predicted octanol–water partition coefficient (Wildman–Crippen LogP) is 4.35. The van der Waals surface area contributed by atoms with Gasteiger partial charge < -0.3 is 4.74 Å². The van der Waals surface area contributed by atoms with Gasteiger partial charge in [-0.15, -0.1) is 0 Å². The molecule has 0 heterocycles. The Labute approximate surface area is 123 Å². The fourth-order valence-electron chi connectivity index (χ4n) is 1.36. The van der Waals surface area contributed by atoms with Crippen molar-refractivity contribution >= 4 is 35.2 Å². The number of halogens is 2. The average Bonchev–Trinajstić information content (AvgIpc) is 2.35. The summed E-state index contributed by atoms with van der Waals surface area (Å²) in [6, 6.07) is 5.04. The van der Waals surface area contributed by atoms with Gasteiger partial charge in [-0.05, 0) is 36.3 Å². The summed E-state index contributed by atoms with van der Waals surface area (Å²) in [5.41, 5.74) is 0.998. The summed E-state index contributed by atoms with van der Waals surface area (Å²) in [5, 5.41) is 1.01. The highest BCUT2D eigenvalue weighted by Gasteiger charge is 2.07. The molecule has 100 valence electrons. The lowest BCUT2D eigenvalue weighted by Crippen LogP contribution is -2.02. The summed E-state index contributed by atoms with van der Waals surface area (Å²) in [7, 11) is 1.32. The number of methoxy groups -OCH3 is 1. The number of carbonyl (C=O) groups is 1. The Balaban J connectivity index is 3.12. The van der Waals surface area contributed by atoms with Gasteiger partial charge in [0.25, 0.3) is 0 Å². The quantitative estimate of drug-likeness (QED) is 0.471. The maximum atomic E-state index is 11.6. The van der Waals surface area contributed by atoms with Crippen molar-refractivity contribution in [3.63, 3.8) is 0 Å². The highest BCUT2D eigenvalue weighted by molar-refractivity contribution is 6.34. The third-order valence-electron chi connectivity index (χ3n) is 2.20. The maximum Gasteiger partial charge on any atom is 0.346 e. The fourth-order valence-corrected chi connectivity index (χ4v) is 1.91. The second-order valence-electron chi connectivity index (χ2n) is 3.80. The van der Waals surface area contributed by atoms with Gasteiger partial charge in [0.2, 0.25) is 0 Å². The SMILES string of the molecule is CCCC#C/C(=C\c1cc(Cl)cc(Cl)c1)C(=O)OC. The van der Waals surface area contributed by atoms with Crippen LogP contribution in [-0.4, -0.2) is 13.1 Å². The van der Waals surface area contributed by atoms with E-state index >= 15 is 0 Å². The largest absolute Gasteiger partial charge is 0.465 e. The Morgan fingerprint density at radius 2 is 1.95 bits per heavy atom. The minimum Gasteiger partial charge on any atom is -0.465 e. The Hall–Kier alpha value is -1.43. The second kappa shape index (κ2) is 7.89. The molecule has 0 aliphatic heterocycles. The first kappa shape index (κ1) is 15.6. The van der Waals surface area contributed by atoms with Crippen LogP contribution in [-0.2, 0) is 9.53 Å². The van der Waals surface area contributed by atoms with Crippen molar-refractivity contribution in [2.45, 2.75) is 19.8 Å². The number of hydrogen-bond donors (Lipinski definition) is 0. The lowest BCUT2D eigenvalue weighted by Gasteiger charge is -2.00. The number of ether oxygens (including phenoxy) is 1. The Kier molecular flexibility index (Phi) is 6.49. The summed E-state index contributed by atoms with van der Waals surface area (Å²) in [6.45, 7) is 2.02. The van der Waals surface area contributed by atoms with Gasteiger partial charge in [-0.3, -0.25) is 0 Å². The van der Waals surface area contributed by atoms with Crippen molar-refractivity contribution in [2.75, 3.05) is 7.11 Å². The lowest BCUT2D eigenvalue weighted by atomic mass is 10.1. The number of unbranched alkanes of at least 4 members (excludes halogenated alkanes) is 1. The molecule has 0 saturated carbocycles. The van der Waals surface area contributed by atoms with Crippen molar-refractivity contribution in [1.29, 1.82) is 0 Å². The van der Waals surface area contributed by atoms with Crippen LogP contribution in [0.3, 0.4) is 0 Å². The first-order valence-corrected chi connectivity index (χ1v) is 6.57. The fraction of sp³-hybridized carbons (Fsp3) is 0.267. The van der Waals surface area contributed by atoms with Crippen LogP contribution in [0.2, 0.25) is 10.0 Å². The van der Waals surface area contributed by atoms with Crippen molar-refractivity contribution in [1.82, 2.24) is 0 Å². The molecule has 0 fully saturated rings. The molecular weight excluding hydrogens is 283 g/mol. The van der Waals surface area contributed by atoms with Gasteiger partial charge in [-0.1, -0.05) is 42.0 Å². The van der Waals surface area contributed by atoms with E-state index in [4.69, 9.17) is 27.9 Å². The van der Waals surface area contributed by atoms with E-state index < -0.39 is 5.97 Å². The zero-order valence-corrected chi connectivity index (χ0v) is 12.3. The van der Waals surface area contributed by atoms with Crippen LogP contribution in [0.1, 0.15) is 25.3 Å². The highest BCUT2D eigenvalue weighted by Crippen LogP contribution is 2.21. The van der Waals surface area contributed by atoms with E-state index in [-0.39, 0.29) is 5.57 Å². The topological polar surface area (TPSA) is 26.3 Å². The second-order valence-corrected chi connectivity index (χ2v) is 4.68. The Morgan fingerprint density at radius 3 is 2.47 bits per heavy atom. The summed E-state index contributed by atoms with van der Waals surface area (Å²) in [4.78, 5) is 11.6. The molecule has 4 heteroatoms. The van der Waals surface area contributed by atoms with Crippen LogP contribution >= 0.6 is 23.2 Å². The lowest BCUT2D eigenvalue weighted by molar-refractivity contribution is -0.135. The van der Waals surface area contributed by atoms with Crippen LogP contribution in [0.4, 0.5) is 0 Å². The van der Waals surface area contributed by atoms with Gasteiger partial charge in [0.1, 0.15) is 5.57 Å². The molecule has 0 saturated heterocycles. The Morgan fingerprint density at radius 1 is 1.32 bits per heavy atom. The third-order valence-corrected chi connectivity index (χ3v) is 2.64. The van der Waals surface area contributed by atoms with E-state index in [1.54, 1.807) is 24.3 Å². The van der Waals surface area contributed by atoms with Gasteiger partial charge in [-0.2, -0.15) is 0 Å². The zero-order chi connectivity index (χ0) is 14.3. The molecule has 0 aliphatic rings. The zero-order valence-electron chi connectivity index (χ0n) is 10.8. The van der Waals surface area contributed by atoms with Gasteiger partial charge in [0, 0.05) is 16.5 Å². The monoisotopic (exact) mass is 296 g/mol. The van der Waals surface area contributed by atoms with Crippen molar-refractivity contribution in [3.05, 3.63) is 39.4 Å². The first-order chi connectivity index (χ1) is 9.06. The average molecular weight is 297 g/mol. The molecule has 19 heavy (non-hydrogen) atoms. The summed E-state index contributed by atoms with van der Waals surface area (Å²) in [6.07, 6.45) is 3.28. The first-order valence-electron chi connectivity index (χ1n) is 5.81. The minimum atomic E-state index is -0.472. The number of carbonyl (C=O) groups excluding carboxylic acids is 1. The molecular formula is C15H14Cl2O2. The molecule has 0 aliphatic carbocycles. The molecule has 0 aromatic heterocycles. The molecule has 0 bridgehead atoms. The molecule has 1 aromatic carbocycles. The summed E-state index contributed by atoms with van der Waals surface area (Å²) in [5.74, 6) is 5.25. The van der Waals surface area contributed by atoms with Gasteiger partial charge in [0.15, 0.2) is 0 Å². The van der Waals surface area contributed by atoms with Gasteiger partial charge in [-0.25, -0.2) is 4.79 Å². The van der Waals surface area contributed by atoms with Crippen molar-refractivity contribution in [3.8, 4) is 11.8 Å². The smallest absolute Gasteiger partial charge is 0.346 e. The molecule has 0 radical (unpaired) electrons. The van der Waals surface area contributed by atoms with Gasteiger partial charge >= 0.3 is 5.97 Å². The molecule has 2 nitrogen and oxygen atoms in total. The van der Waals surface area contributed by atoms with Crippen LogP contribution < -0.4 is 0 Å². The highest BCUT2D eigenvalue weighted by atomic mass is 35.5. The predicted molar refractivity (Wildman–Crippen MR) is 79.1 cm³/mol. The van der Waals surface area contributed by atoms with E-state index in [1.165, 1.54) is 7.11 Å². The number of benzene rings is 1. The number of esters is 1. The van der Waals surface area contributed by atoms with Crippen LogP contribution in [0.5, 0.6) is 0 Å². The van der Waals surface area contributed by atoms with E-state index in [2.05, 4.69) is 11.8 Å². The van der Waals surface area contributed by atoms with E-state index in [9.17, 15) is 4.79 Å². The maximum absolute atomic E-state index is 11.6. The number of hydrogen-bond acceptors (Lipinski definition) is 2. The van der Waals surface area contributed by atoms with Crippen molar-refractivity contribution < 1.29 is 9.53 Å². The van der Waals surface area contributed by atoms with Gasteiger partial charge in [0.05, 0.1) is 7.11 Å². The normalized spacial score (nSPS) is 10.6. The summed E-state index contributed by atoms with van der Waals surface area (Å²) >= 11 is 11.8. The third kappa shape index (κ3) is 5.38. The van der Waals surface area contributed by atoms with E-state index in [0.29, 0.717) is 15.6 Å². The molecule has 0 atom stereocenters. The van der Waals surface area contributed by atoms with Crippen LogP contribution in [0, 0.1) is 11.8 Å². The molecule has 0 spiro atoms. The molecule has 1 rings (SSSR count). The minimum absolute atomic E-state index is 0.286.